The van der Waals surface area contributed by atoms with Crippen LogP contribution in [0.5, 0.6) is 0 Å². The van der Waals surface area contributed by atoms with E-state index in [4.69, 9.17) is 13.9 Å². The molecule has 1 aromatic rings. The second-order valence-electron chi connectivity index (χ2n) is 8.37. The molecule has 0 radical (unpaired) electrons. The van der Waals surface area contributed by atoms with E-state index in [1.807, 2.05) is 20.0 Å². The molecule has 2 N–H and O–H groups in total. The van der Waals surface area contributed by atoms with Gasteiger partial charge < -0.3 is 24.5 Å². The highest BCUT2D eigenvalue weighted by molar-refractivity contribution is 14.0. The van der Waals surface area contributed by atoms with Crippen LogP contribution in [-0.4, -0.2) is 71.0 Å². The fourth-order valence-electron chi connectivity index (χ4n) is 4.58. The maximum absolute atomic E-state index is 5.97. The molecule has 1 aliphatic carbocycles. The predicted octanol–water partition coefficient (Wildman–Crippen LogP) is 3.34. The Labute approximate surface area is 198 Å². The first-order chi connectivity index (χ1) is 14.2. The molecule has 0 bridgehead atoms. The Kier molecular flexibility index (Phi) is 10.9. The third kappa shape index (κ3) is 7.10. The smallest absolute Gasteiger partial charge is 0.191 e. The Morgan fingerprint density at radius 3 is 2.57 bits per heavy atom. The summed E-state index contributed by atoms with van der Waals surface area (Å²) >= 11 is 0. The Morgan fingerprint density at radius 1 is 1.23 bits per heavy atom. The van der Waals surface area contributed by atoms with Gasteiger partial charge in [-0.05, 0) is 43.7 Å². The first-order valence-corrected chi connectivity index (χ1v) is 11.0. The lowest BCUT2D eigenvalue weighted by Crippen LogP contribution is -2.48. The summed E-state index contributed by atoms with van der Waals surface area (Å²) in [5.41, 5.74) is 0.329. The molecule has 7 nitrogen and oxygen atoms in total. The number of nitrogens with zero attached hydrogens (tertiary/aromatic N) is 2. The third-order valence-electron chi connectivity index (χ3n) is 6.39. The maximum atomic E-state index is 5.97. The number of hydrogen-bond donors (Lipinski definition) is 2. The number of guanidine groups is 1. The van der Waals surface area contributed by atoms with Crippen molar-refractivity contribution >= 4 is 29.9 Å². The van der Waals surface area contributed by atoms with Crippen molar-refractivity contribution < 1.29 is 13.9 Å². The number of methoxy groups -OCH3 is 1. The lowest BCUT2D eigenvalue weighted by molar-refractivity contribution is 0.0124. The SMILES string of the molecule is CN=C(NCC(c1ccc(C)o1)N1CCOCC1)NCC1(CCOC)CCCC1.I. The van der Waals surface area contributed by atoms with Crippen molar-refractivity contribution in [1.82, 2.24) is 15.5 Å². The molecule has 2 aliphatic rings. The van der Waals surface area contributed by atoms with Gasteiger partial charge in [0.2, 0.25) is 0 Å². The van der Waals surface area contributed by atoms with Crippen molar-refractivity contribution in [2.45, 2.75) is 45.1 Å². The van der Waals surface area contributed by atoms with E-state index in [9.17, 15) is 0 Å². The molecule has 0 spiro atoms. The summed E-state index contributed by atoms with van der Waals surface area (Å²) in [5.74, 6) is 2.80. The van der Waals surface area contributed by atoms with Crippen LogP contribution in [0.25, 0.3) is 0 Å². The lowest BCUT2D eigenvalue weighted by atomic mass is 9.83. The molecule has 1 aliphatic heterocycles. The summed E-state index contributed by atoms with van der Waals surface area (Å²) in [5, 5.41) is 7.12. The van der Waals surface area contributed by atoms with Gasteiger partial charge in [0.25, 0.3) is 0 Å². The zero-order chi connectivity index (χ0) is 20.5. The van der Waals surface area contributed by atoms with Gasteiger partial charge >= 0.3 is 0 Å². The van der Waals surface area contributed by atoms with E-state index < -0.39 is 0 Å². The van der Waals surface area contributed by atoms with Gasteiger partial charge in [-0.15, -0.1) is 24.0 Å². The molecule has 172 valence electrons. The lowest BCUT2D eigenvalue weighted by Gasteiger charge is -2.34. The van der Waals surface area contributed by atoms with Crippen LogP contribution in [0.15, 0.2) is 21.5 Å². The number of hydrogen-bond acceptors (Lipinski definition) is 5. The van der Waals surface area contributed by atoms with Gasteiger partial charge in [-0.2, -0.15) is 0 Å². The van der Waals surface area contributed by atoms with Crippen molar-refractivity contribution in [3.05, 3.63) is 23.7 Å². The van der Waals surface area contributed by atoms with Crippen LogP contribution < -0.4 is 10.6 Å². The van der Waals surface area contributed by atoms with Crippen LogP contribution in [0.4, 0.5) is 0 Å². The van der Waals surface area contributed by atoms with Crippen molar-refractivity contribution in [3.63, 3.8) is 0 Å². The Bertz CT molecular complexity index is 640. The highest BCUT2D eigenvalue weighted by Crippen LogP contribution is 2.40. The maximum Gasteiger partial charge on any atom is 0.191 e. The molecule has 8 heteroatoms. The minimum absolute atomic E-state index is 0. The summed E-state index contributed by atoms with van der Waals surface area (Å²) in [6.45, 7) is 7.88. The molecule has 1 saturated heterocycles. The van der Waals surface area contributed by atoms with Crippen LogP contribution in [0, 0.1) is 12.3 Å². The fraction of sp³-hybridized carbons (Fsp3) is 0.773. The van der Waals surface area contributed by atoms with Gasteiger partial charge in [-0.1, -0.05) is 12.8 Å². The number of aliphatic imine (C=N–C) groups is 1. The van der Waals surface area contributed by atoms with Crippen LogP contribution in [-0.2, 0) is 9.47 Å². The van der Waals surface area contributed by atoms with Crippen molar-refractivity contribution in [3.8, 4) is 0 Å². The normalized spacial score (nSPS) is 20.6. The summed E-state index contributed by atoms with van der Waals surface area (Å²) in [6, 6.07) is 4.29. The minimum atomic E-state index is 0. The molecule has 2 heterocycles. The summed E-state index contributed by atoms with van der Waals surface area (Å²) in [7, 11) is 3.63. The second-order valence-corrected chi connectivity index (χ2v) is 8.37. The van der Waals surface area contributed by atoms with Gasteiger partial charge in [0.15, 0.2) is 5.96 Å². The van der Waals surface area contributed by atoms with E-state index in [1.54, 1.807) is 7.11 Å². The number of nitrogens with one attached hydrogen (secondary N) is 2. The largest absolute Gasteiger partial charge is 0.465 e. The number of morpholine rings is 1. The fourth-order valence-corrected chi connectivity index (χ4v) is 4.58. The van der Waals surface area contributed by atoms with Crippen LogP contribution in [0.1, 0.15) is 49.7 Å². The zero-order valence-corrected chi connectivity index (χ0v) is 21.1. The molecule has 2 fully saturated rings. The predicted molar refractivity (Wildman–Crippen MR) is 131 cm³/mol. The topological polar surface area (TPSA) is 71.3 Å². The third-order valence-corrected chi connectivity index (χ3v) is 6.39. The van der Waals surface area contributed by atoms with Crippen LogP contribution in [0.2, 0.25) is 0 Å². The number of aryl methyl sites for hydroxylation is 1. The first kappa shape index (κ1) is 25.4. The Hall–Kier alpha value is -0.840. The summed E-state index contributed by atoms with van der Waals surface area (Å²) in [4.78, 5) is 6.90. The molecular weight excluding hydrogens is 495 g/mol. The monoisotopic (exact) mass is 534 g/mol. The minimum Gasteiger partial charge on any atom is -0.465 e. The molecule has 0 aromatic carbocycles. The molecule has 0 amide bonds. The molecule has 1 saturated carbocycles. The molecule has 1 unspecified atom stereocenters. The van der Waals surface area contributed by atoms with Gasteiger partial charge in [-0.3, -0.25) is 9.89 Å². The quantitative estimate of drug-likeness (QED) is 0.288. The molecule has 1 aromatic heterocycles. The summed E-state index contributed by atoms with van der Waals surface area (Å²) in [6.07, 6.45) is 6.27. The summed E-state index contributed by atoms with van der Waals surface area (Å²) < 4.78 is 16.9. The van der Waals surface area contributed by atoms with Crippen molar-refractivity contribution in [1.29, 1.82) is 0 Å². The van der Waals surface area contributed by atoms with Crippen molar-refractivity contribution in [2.24, 2.45) is 10.4 Å². The first-order valence-electron chi connectivity index (χ1n) is 11.0. The van der Waals surface area contributed by atoms with E-state index in [0.717, 1.165) is 69.9 Å². The van der Waals surface area contributed by atoms with E-state index in [2.05, 4.69) is 26.6 Å². The zero-order valence-electron chi connectivity index (χ0n) is 18.7. The second kappa shape index (κ2) is 12.9. The number of rotatable bonds is 9. The standard InChI is InChI=1S/C22H38N4O3.HI/c1-18-6-7-20(29-18)19(26-11-14-28-15-12-26)16-24-21(23-2)25-17-22(10-13-27-3)8-4-5-9-22;/h6-7,19H,4-5,8-17H2,1-3H3,(H2,23,24,25);1H. The number of halogens is 1. The van der Waals surface area contributed by atoms with Gasteiger partial charge in [-0.25, -0.2) is 0 Å². The van der Waals surface area contributed by atoms with E-state index in [-0.39, 0.29) is 30.0 Å². The van der Waals surface area contributed by atoms with Gasteiger partial charge in [0.05, 0.1) is 19.3 Å². The highest BCUT2D eigenvalue weighted by Gasteiger charge is 2.33. The Balaban J connectivity index is 0.00000320. The molecular formula is C22H39IN4O3. The van der Waals surface area contributed by atoms with E-state index in [0.29, 0.717) is 5.41 Å². The number of ether oxygens (including phenoxy) is 2. The van der Waals surface area contributed by atoms with Crippen LogP contribution >= 0.6 is 24.0 Å². The molecule has 3 rings (SSSR count). The Morgan fingerprint density at radius 2 is 1.97 bits per heavy atom. The molecule has 1 atom stereocenters. The number of furan rings is 1. The van der Waals surface area contributed by atoms with Gasteiger partial charge in [0.1, 0.15) is 11.5 Å². The van der Waals surface area contributed by atoms with Crippen molar-refractivity contribution in [2.75, 3.05) is 60.2 Å². The average molecular weight is 534 g/mol. The van der Waals surface area contributed by atoms with Crippen LogP contribution in [0.3, 0.4) is 0 Å². The van der Waals surface area contributed by atoms with E-state index >= 15 is 0 Å². The highest BCUT2D eigenvalue weighted by atomic mass is 127. The van der Waals surface area contributed by atoms with Gasteiger partial charge in [0, 0.05) is 46.9 Å². The average Bonchev–Trinajstić information content (AvgIpc) is 3.39. The van der Waals surface area contributed by atoms with E-state index in [1.165, 1.54) is 25.7 Å². The molecule has 30 heavy (non-hydrogen) atoms.